The van der Waals surface area contributed by atoms with E-state index in [1.165, 1.54) is 28.7 Å². The number of thiophene rings is 1. The van der Waals surface area contributed by atoms with Crippen molar-refractivity contribution in [3.63, 3.8) is 0 Å². The lowest BCUT2D eigenvalue weighted by molar-refractivity contribution is -0.115. The van der Waals surface area contributed by atoms with Gasteiger partial charge in [-0.05, 0) is 60.2 Å². The van der Waals surface area contributed by atoms with Crippen molar-refractivity contribution in [1.82, 2.24) is 0 Å². The van der Waals surface area contributed by atoms with Crippen molar-refractivity contribution in [2.24, 2.45) is 0 Å². The molecular formula is C23H24N2O2S2. The second kappa shape index (κ2) is 9.76. The monoisotopic (exact) mass is 424 g/mol. The molecule has 1 atom stereocenters. The van der Waals surface area contributed by atoms with Crippen LogP contribution in [-0.4, -0.2) is 17.1 Å². The van der Waals surface area contributed by atoms with Gasteiger partial charge in [-0.3, -0.25) is 9.59 Å². The van der Waals surface area contributed by atoms with E-state index in [-0.39, 0.29) is 17.1 Å². The van der Waals surface area contributed by atoms with Crippen LogP contribution >= 0.6 is 23.1 Å². The Labute approximate surface area is 179 Å². The highest BCUT2D eigenvalue weighted by Gasteiger charge is 2.15. The smallest absolute Gasteiger partial charge is 0.265 e. The summed E-state index contributed by atoms with van der Waals surface area (Å²) in [4.78, 5) is 26.4. The summed E-state index contributed by atoms with van der Waals surface area (Å²) in [7, 11) is 0. The number of carbonyl (C=O) groups is 2. The number of nitrogens with one attached hydrogen (secondary N) is 2. The number of benzene rings is 2. The highest BCUT2D eigenvalue weighted by Crippen LogP contribution is 2.27. The van der Waals surface area contributed by atoms with Crippen LogP contribution in [0.1, 0.15) is 41.9 Å². The first-order chi connectivity index (χ1) is 13.9. The Hall–Kier alpha value is -2.57. The van der Waals surface area contributed by atoms with E-state index in [0.29, 0.717) is 16.5 Å². The van der Waals surface area contributed by atoms with Crippen molar-refractivity contribution in [2.45, 2.75) is 36.8 Å². The summed E-state index contributed by atoms with van der Waals surface area (Å²) in [6.45, 7) is 6.16. The molecule has 0 fully saturated rings. The third-order valence-corrected chi connectivity index (χ3v) is 6.33. The summed E-state index contributed by atoms with van der Waals surface area (Å²) in [5.41, 5.74) is 2.75. The minimum Gasteiger partial charge on any atom is -0.325 e. The largest absolute Gasteiger partial charge is 0.325 e. The van der Waals surface area contributed by atoms with Crippen LogP contribution < -0.4 is 10.6 Å². The van der Waals surface area contributed by atoms with Gasteiger partial charge in [-0.25, -0.2) is 0 Å². The molecule has 0 radical (unpaired) electrons. The van der Waals surface area contributed by atoms with E-state index in [0.717, 1.165) is 10.6 Å². The van der Waals surface area contributed by atoms with Crippen molar-refractivity contribution in [3.8, 4) is 0 Å². The third-order valence-electron chi connectivity index (χ3n) is 4.36. The summed E-state index contributed by atoms with van der Waals surface area (Å²) in [5.74, 6) is 0.278. The Bertz CT molecular complexity index is 967. The van der Waals surface area contributed by atoms with Gasteiger partial charge >= 0.3 is 0 Å². The average molecular weight is 425 g/mol. The fourth-order valence-corrected chi connectivity index (χ4v) is 4.25. The molecule has 1 aromatic heterocycles. The topological polar surface area (TPSA) is 58.2 Å². The van der Waals surface area contributed by atoms with E-state index in [1.54, 1.807) is 6.07 Å². The maximum Gasteiger partial charge on any atom is 0.265 e. The average Bonchev–Trinajstić information content (AvgIpc) is 3.23. The zero-order chi connectivity index (χ0) is 20.8. The minimum absolute atomic E-state index is 0.0553. The molecule has 3 rings (SSSR count). The van der Waals surface area contributed by atoms with Gasteiger partial charge in [0.05, 0.1) is 10.1 Å². The molecule has 29 heavy (non-hydrogen) atoms. The van der Waals surface area contributed by atoms with E-state index in [1.807, 2.05) is 66.9 Å². The summed E-state index contributed by atoms with van der Waals surface area (Å²) in [5, 5.41) is 7.46. The van der Waals surface area contributed by atoms with Gasteiger partial charge in [0.25, 0.3) is 5.91 Å². The Morgan fingerprint density at radius 1 is 0.897 bits per heavy atom. The first-order valence-electron chi connectivity index (χ1n) is 9.45. The number of hydrogen-bond donors (Lipinski definition) is 2. The van der Waals surface area contributed by atoms with Crippen LogP contribution in [0.4, 0.5) is 11.4 Å². The molecular weight excluding hydrogens is 400 g/mol. The summed E-state index contributed by atoms with van der Waals surface area (Å²) < 4.78 is 0. The molecule has 4 nitrogen and oxygen atoms in total. The Kier molecular flexibility index (Phi) is 7.12. The molecule has 3 aromatic rings. The number of carbonyl (C=O) groups excluding carboxylic acids is 2. The molecule has 2 amide bonds. The standard InChI is InChI=1S/C23H24N2O2S2/c1-15(2)17-9-11-18(12-10-17)24-22(26)16(3)29-20-7-4-6-19(14-20)25-23(27)21-8-5-13-28-21/h4-16H,1-3H3,(H,24,26)(H,25,27). The molecule has 1 unspecified atom stereocenters. The van der Waals surface area contributed by atoms with Gasteiger partial charge in [-0.1, -0.05) is 38.1 Å². The van der Waals surface area contributed by atoms with Gasteiger partial charge in [-0.2, -0.15) is 0 Å². The lowest BCUT2D eigenvalue weighted by Gasteiger charge is -2.14. The van der Waals surface area contributed by atoms with E-state index in [9.17, 15) is 9.59 Å². The Morgan fingerprint density at radius 2 is 1.66 bits per heavy atom. The highest BCUT2D eigenvalue weighted by molar-refractivity contribution is 8.00. The van der Waals surface area contributed by atoms with Crippen molar-refractivity contribution in [1.29, 1.82) is 0 Å². The van der Waals surface area contributed by atoms with Gasteiger partial charge < -0.3 is 10.6 Å². The van der Waals surface area contributed by atoms with Gasteiger partial charge in [-0.15, -0.1) is 23.1 Å². The van der Waals surface area contributed by atoms with Crippen LogP contribution in [0.15, 0.2) is 70.9 Å². The SMILES string of the molecule is CC(Sc1cccc(NC(=O)c2cccs2)c1)C(=O)Nc1ccc(C(C)C)cc1. The predicted octanol–water partition coefficient (Wildman–Crippen LogP) is 6.24. The number of amides is 2. The molecule has 6 heteroatoms. The number of thioether (sulfide) groups is 1. The second-order valence-electron chi connectivity index (χ2n) is 6.99. The maximum absolute atomic E-state index is 12.6. The number of anilines is 2. The van der Waals surface area contributed by atoms with Crippen LogP contribution in [-0.2, 0) is 4.79 Å². The van der Waals surface area contributed by atoms with Gasteiger partial charge in [0.2, 0.25) is 5.91 Å². The van der Waals surface area contributed by atoms with Crippen LogP contribution in [0.25, 0.3) is 0 Å². The van der Waals surface area contributed by atoms with Gasteiger partial charge in [0.1, 0.15) is 0 Å². The summed E-state index contributed by atoms with van der Waals surface area (Å²) >= 11 is 2.86. The molecule has 1 heterocycles. The first-order valence-corrected chi connectivity index (χ1v) is 11.2. The number of hydrogen-bond acceptors (Lipinski definition) is 4. The Balaban J connectivity index is 1.58. The van der Waals surface area contributed by atoms with Crippen molar-refractivity contribution >= 4 is 46.3 Å². The normalized spacial score (nSPS) is 11.9. The minimum atomic E-state index is -0.275. The third kappa shape index (κ3) is 5.95. The quantitative estimate of drug-likeness (QED) is 0.441. The van der Waals surface area contributed by atoms with Crippen molar-refractivity contribution in [3.05, 3.63) is 76.5 Å². The molecule has 0 spiro atoms. The van der Waals surface area contributed by atoms with E-state index < -0.39 is 0 Å². The van der Waals surface area contributed by atoms with E-state index in [4.69, 9.17) is 0 Å². The Morgan fingerprint density at radius 3 is 2.31 bits per heavy atom. The lowest BCUT2D eigenvalue weighted by Crippen LogP contribution is -2.22. The molecule has 0 saturated heterocycles. The maximum atomic E-state index is 12.6. The molecule has 0 aliphatic heterocycles. The van der Waals surface area contributed by atoms with Crippen LogP contribution in [0.2, 0.25) is 0 Å². The fourth-order valence-electron chi connectivity index (χ4n) is 2.70. The fraction of sp³-hybridized carbons (Fsp3) is 0.217. The molecule has 2 aromatic carbocycles. The molecule has 150 valence electrons. The number of rotatable bonds is 7. The molecule has 0 aliphatic rings. The van der Waals surface area contributed by atoms with E-state index >= 15 is 0 Å². The van der Waals surface area contributed by atoms with Crippen LogP contribution in [0.3, 0.4) is 0 Å². The summed E-state index contributed by atoms with van der Waals surface area (Å²) in [6.07, 6.45) is 0. The highest BCUT2D eigenvalue weighted by atomic mass is 32.2. The predicted molar refractivity (Wildman–Crippen MR) is 123 cm³/mol. The van der Waals surface area contributed by atoms with E-state index in [2.05, 4.69) is 24.5 Å². The van der Waals surface area contributed by atoms with Gasteiger partial charge in [0.15, 0.2) is 0 Å². The van der Waals surface area contributed by atoms with Crippen LogP contribution in [0.5, 0.6) is 0 Å². The van der Waals surface area contributed by atoms with Gasteiger partial charge in [0, 0.05) is 16.3 Å². The zero-order valence-electron chi connectivity index (χ0n) is 16.6. The molecule has 2 N–H and O–H groups in total. The van der Waals surface area contributed by atoms with Crippen molar-refractivity contribution in [2.75, 3.05) is 10.6 Å². The molecule has 0 bridgehead atoms. The second-order valence-corrected chi connectivity index (χ2v) is 9.35. The van der Waals surface area contributed by atoms with Crippen molar-refractivity contribution < 1.29 is 9.59 Å². The molecule has 0 aliphatic carbocycles. The zero-order valence-corrected chi connectivity index (χ0v) is 18.3. The first kappa shape index (κ1) is 21.1. The van der Waals surface area contributed by atoms with Crippen LogP contribution in [0, 0.1) is 0 Å². The summed E-state index contributed by atoms with van der Waals surface area (Å²) in [6, 6.07) is 19.1. The molecule has 0 saturated carbocycles. The lowest BCUT2D eigenvalue weighted by atomic mass is 10.0.